The number of hydrogen-bond acceptors (Lipinski definition) is 14. The number of halogens is 1. The number of carbonyl (C=O) groups is 1. The number of esters is 1. The Morgan fingerprint density at radius 2 is 1.96 bits per heavy atom. The van der Waals surface area contributed by atoms with E-state index in [-0.39, 0.29) is 34.8 Å². The van der Waals surface area contributed by atoms with Crippen molar-refractivity contribution < 1.29 is 41.4 Å². The lowest BCUT2D eigenvalue weighted by Gasteiger charge is -2.33. The van der Waals surface area contributed by atoms with Crippen LogP contribution in [0.5, 0.6) is 5.75 Å². The van der Waals surface area contributed by atoms with Crippen molar-refractivity contribution in [2.75, 3.05) is 30.7 Å². The topological polar surface area (TPSA) is 222 Å². The van der Waals surface area contributed by atoms with Gasteiger partial charge in [-0.25, -0.2) is 18.0 Å². The Kier molecular flexibility index (Phi) is 10.2. The average Bonchev–Trinajstić information content (AvgIpc) is 3.49. The number of aromatic nitrogens is 4. The first-order valence-electron chi connectivity index (χ1n) is 14.7. The number of benzene rings is 1. The summed E-state index contributed by atoms with van der Waals surface area (Å²) in [5.74, 6) is -1.02. The molecule has 5 rings (SSSR count). The molecule has 0 bridgehead atoms. The van der Waals surface area contributed by atoms with Crippen molar-refractivity contribution in [2.45, 2.75) is 70.1 Å². The van der Waals surface area contributed by atoms with Crippen LogP contribution in [-0.4, -0.2) is 82.8 Å². The molecule has 2 aliphatic rings. The van der Waals surface area contributed by atoms with Gasteiger partial charge < -0.3 is 24.8 Å². The van der Waals surface area contributed by atoms with E-state index in [1.807, 2.05) is 0 Å². The number of fused-ring (bicyclic) bond motifs is 1. The summed E-state index contributed by atoms with van der Waals surface area (Å²) < 4.78 is 63.5. The van der Waals surface area contributed by atoms with Crippen LogP contribution in [0.2, 0.25) is 0 Å². The van der Waals surface area contributed by atoms with E-state index >= 15 is 0 Å². The molecule has 3 heterocycles. The number of hydrazine groups is 1. The normalized spacial score (nSPS) is 23.3. The number of hydrogen-bond donors (Lipinski definition) is 4. The Hall–Kier alpha value is -2.90. The first-order valence-corrected chi connectivity index (χ1v) is 18.9. The first-order chi connectivity index (χ1) is 21.9. The minimum atomic E-state index is -4.30. The number of imidazole rings is 1. The van der Waals surface area contributed by atoms with Gasteiger partial charge in [0.1, 0.15) is 29.7 Å². The number of aliphatic hydroxyl groups is 1. The Balaban J connectivity index is 1.36. The summed E-state index contributed by atoms with van der Waals surface area (Å²) in [5, 5.41) is 15.1. The highest BCUT2D eigenvalue weighted by Gasteiger charge is 2.46. The highest BCUT2D eigenvalue weighted by atomic mass is 79.9. The second-order valence-electron chi connectivity index (χ2n) is 12.1. The van der Waals surface area contributed by atoms with E-state index in [4.69, 9.17) is 24.3 Å². The third-order valence-corrected chi connectivity index (χ3v) is 10.6. The smallest absolute Gasteiger partial charge is 0.459 e. The number of ether oxygens (including phenoxy) is 2. The van der Waals surface area contributed by atoms with Gasteiger partial charge in [-0.1, -0.05) is 22.9 Å². The summed E-state index contributed by atoms with van der Waals surface area (Å²) in [5.41, 5.74) is 4.93. The zero-order valence-corrected chi connectivity index (χ0v) is 29.7. The second-order valence-corrected chi connectivity index (χ2v) is 16.4. The van der Waals surface area contributed by atoms with Gasteiger partial charge in [0, 0.05) is 17.4 Å². The van der Waals surface area contributed by atoms with E-state index in [1.165, 1.54) is 31.8 Å². The molecule has 17 nitrogen and oxygen atoms in total. The number of rotatable bonds is 13. The van der Waals surface area contributed by atoms with Crippen molar-refractivity contribution in [3.8, 4) is 5.75 Å². The number of carbonyl (C=O) groups excluding carboxylic acids is 1. The predicted molar refractivity (Wildman–Crippen MR) is 174 cm³/mol. The van der Waals surface area contributed by atoms with E-state index in [9.17, 15) is 22.9 Å². The van der Waals surface area contributed by atoms with Gasteiger partial charge in [-0.2, -0.15) is 15.1 Å². The van der Waals surface area contributed by atoms with Crippen molar-refractivity contribution >= 4 is 62.6 Å². The summed E-state index contributed by atoms with van der Waals surface area (Å²) in [6, 6.07) is 6.54. The molecule has 5 atom stereocenters. The highest BCUT2D eigenvalue weighted by Crippen LogP contribution is 2.48. The fourth-order valence-electron chi connectivity index (χ4n) is 5.04. The summed E-state index contributed by atoms with van der Waals surface area (Å²) in [6.45, 7) is 4.37. The maximum Gasteiger partial charge on any atom is 0.459 e. The Morgan fingerprint density at radius 1 is 1.28 bits per heavy atom. The molecule has 3 unspecified atom stereocenters. The molecule has 3 aromatic rings. The zero-order valence-electron chi connectivity index (χ0n) is 26.4. The van der Waals surface area contributed by atoms with Gasteiger partial charge in [-0.15, -0.1) is 4.83 Å². The van der Waals surface area contributed by atoms with Crippen LogP contribution in [0, 0.1) is 5.92 Å². The van der Waals surface area contributed by atoms with Crippen LogP contribution < -0.4 is 25.2 Å². The predicted octanol–water partition coefficient (Wildman–Crippen LogP) is 2.63. The van der Waals surface area contributed by atoms with Gasteiger partial charge in [0.05, 0.1) is 25.3 Å². The average molecular weight is 762 g/mol. The maximum atomic E-state index is 14.2. The molecule has 5 N–H and O–H groups in total. The van der Waals surface area contributed by atoms with Gasteiger partial charge in [-0.3, -0.25) is 18.9 Å². The molecule has 1 saturated heterocycles. The van der Waals surface area contributed by atoms with E-state index < -0.39 is 60.2 Å². The minimum absolute atomic E-state index is 0.0957. The molecule has 1 aliphatic carbocycles. The quantitative estimate of drug-likeness (QED) is 0.112. The summed E-state index contributed by atoms with van der Waals surface area (Å²) in [6.07, 6.45) is 1.75. The van der Waals surface area contributed by atoms with Crippen molar-refractivity contribution in [1.29, 1.82) is 0 Å². The third kappa shape index (κ3) is 8.22. The molecule has 258 valence electrons. The molecule has 1 saturated carbocycles. The number of nitrogens with zero attached hydrogens (tertiary/aromatic N) is 5. The summed E-state index contributed by atoms with van der Waals surface area (Å²) in [4.78, 5) is 28.0. The van der Waals surface area contributed by atoms with Crippen LogP contribution in [-0.2, 0) is 33.4 Å². The summed E-state index contributed by atoms with van der Waals surface area (Å²) >= 11 is 3.35. The highest BCUT2D eigenvalue weighted by molar-refractivity contribution is 9.10. The second kappa shape index (κ2) is 13.5. The molecule has 20 heteroatoms. The first kappa shape index (κ1) is 35.4. The van der Waals surface area contributed by atoms with Crippen LogP contribution in [0.25, 0.3) is 11.2 Å². The standard InChI is InChI=1S/C27H38BrN8O9PS/c1-15-21(37)19(44-24(15)36-14-30-20-22(31-26(29)32-23(20)36)35(4)34-47(5,40)41)13-42-46(39,45-18-11-9-16(28)10-12-18)33-27(2,3)25(38)43-17-7-6-8-17/h9-12,14-15,17,19,21,24,34,37H,6-8,13H2,1-5H3,(H,33,39)(H2,29,31,32)/t15-,19?,21-,24?,46?/m0/s1. The number of anilines is 2. The van der Waals surface area contributed by atoms with Crippen LogP contribution >= 0.6 is 23.7 Å². The van der Waals surface area contributed by atoms with Gasteiger partial charge in [-0.05, 0) is 57.4 Å². The lowest BCUT2D eigenvalue weighted by atomic mass is 9.96. The van der Waals surface area contributed by atoms with Crippen molar-refractivity contribution in [3.05, 3.63) is 35.1 Å². The van der Waals surface area contributed by atoms with Crippen molar-refractivity contribution in [2.24, 2.45) is 5.92 Å². The SMILES string of the molecule is C[C@@H]1C(n2cnc3c(N(C)NS(C)(=O)=O)nc(N)nc32)OC(COP(=O)(NC(C)(C)C(=O)OC2CCC2)Oc2ccc(Br)cc2)[C@H]1O. The van der Waals surface area contributed by atoms with Crippen LogP contribution in [0.4, 0.5) is 11.8 Å². The van der Waals surface area contributed by atoms with Crippen LogP contribution in [0.1, 0.15) is 46.3 Å². The molecule has 47 heavy (non-hydrogen) atoms. The molecule has 0 amide bonds. The molecule has 1 aromatic carbocycles. The van der Waals surface area contributed by atoms with Gasteiger partial charge in [0.25, 0.3) is 0 Å². The number of aliphatic hydroxyl groups excluding tert-OH is 1. The maximum absolute atomic E-state index is 14.2. The lowest BCUT2D eigenvalue weighted by molar-refractivity contribution is -0.159. The van der Waals surface area contributed by atoms with Crippen LogP contribution in [0.3, 0.4) is 0 Å². The minimum Gasteiger partial charge on any atom is -0.461 e. The molecule has 2 fully saturated rings. The lowest BCUT2D eigenvalue weighted by Crippen LogP contribution is -2.49. The van der Waals surface area contributed by atoms with Gasteiger partial charge in [0.15, 0.2) is 17.0 Å². The molecule has 0 radical (unpaired) electrons. The van der Waals surface area contributed by atoms with E-state index in [0.717, 1.165) is 35.0 Å². The zero-order chi connectivity index (χ0) is 34.3. The number of nitrogen functional groups attached to an aromatic ring is 1. The van der Waals surface area contributed by atoms with Crippen LogP contribution in [0.15, 0.2) is 35.1 Å². The molecule has 1 aliphatic heterocycles. The van der Waals surface area contributed by atoms with Gasteiger partial charge >= 0.3 is 13.7 Å². The molecule has 2 aromatic heterocycles. The van der Waals surface area contributed by atoms with Gasteiger partial charge in [0.2, 0.25) is 16.0 Å². The number of nitrogens with two attached hydrogens (primary N) is 1. The van der Waals surface area contributed by atoms with Crippen molar-refractivity contribution in [1.82, 2.24) is 29.4 Å². The summed E-state index contributed by atoms with van der Waals surface area (Å²) in [7, 11) is -6.51. The largest absolute Gasteiger partial charge is 0.461 e. The molecule has 0 spiro atoms. The Labute approximate surface area is 280 Å². The fraction of sp³-hybridized carbons (Fsp3) is 0.556. The Bertz CT molecular complexity index is 1770. The number of nitrogens with one attached hydrogen (secondary N) is 2. The van der Waals surface area contributed by atoms with E-state index in [2.05, 4.69) is 40.8 Å². The third-order valence-electron chi connectivity index (χ3n) is 7.70. The van der Waals surface area contributed by atoms with E-state index in [0.29, 0.717) is 0 Å². The van der Waals surface area contributed by atoms with Crippen molar-refractivity contribution in [3.63, 3.8) is 0 Å². The molecular weight excluding hydrogens is 723 g/mol. The number of sulfonamides is 1. The molecular formula is C27H38BrN8O9PS. The van der Waals surface area contributed by atoms with E-state index in [1.54, 1.807) is 31.2 Å². The fourth-order valence-corrected chi connectivity index (χ4v) is 7.57. The monoisotopic (exact) mass is 760 g/mol. The Morgan fingerprint density at radius 3 is 2.57 bits per heavy atom.